The fourth-order valence-electron chi connectivity index (χ4n) is 4.05. The lowest BCUT2D eigenvalue weighted by atomic mass is 9.74. The molecule has 1 aliphatic heterocycles. The molecule has 32 heavy (non-hydrogen) atoms. The number of guanidine groups is 1. The molecule has 174 valence electrons. The zero-order chi connectivity index (χ0) is 22.8. The van der Waals surface area contributed by atoms with Crippen LogP contribution in [0.5, 0.6) is 17.2 Å². The quantitative estimate of drug-likeness (QED) is 0.458. The molecule has 3 rings (SSSR count). The Balaban J connectivity index is 1.67. The van der Waals surface area contributed by atoms with Gasteiger partial charge < -0.3 is 29.6 Å². The van der Waals surface area contributed by atoms with Crippen LogP contribution in [0.2, 0.25) is 0 Å². The van der Waals surface area contributed by atoms with Gasteiger partial charge in [0.05, 0.1) is 20.8 Å². The number of methoxy groups -OCH3 is 2. The van der Waals surface area contributed by atoms with Crippen LogP contribution >= 0.6 is 0 Å². The molecule has 0 aliphatic carbocycles. The third kappa shape index (κ3) is 5.85. The summed E-state index contributed by atoms with van der Waals surface area (Å²) in [7, 11) is 5.10. The smallest absolute Gasteiger partial charge is 0.191 e. The van der Waals surface area contributed by atoms with Gasteiger partial charge in [-0.25, -0.2) is 0 Å². The van der Waals surface area contributed by atoms with Gasteiger partial charge in [-0.05, 0) is 49.6 Å². The topological polar surface area (TPSA) is 73.3 Å². The molecule has 0 spiro atoms. The third-order valence-electron chi connectivity index (χ3n) is 5.99. The Labute approximate surface area is 191 Å². The lowest BCUT2D eigenvalue weighted by Crippen LogP contribution is -2.47. The highest BCUT2D eigenvalue weighted by Gasteiger charge is 2.34. The van der Waals surface area contributed by atoms with Crippen molar-refractivity contribution in [1.29, 1.82) is 0 Å². The van der Waals surface area contributed by atoms with Crippen molar-refractivity contribution in [3.8, 4) is 17.2 Å². The summed E-state index contributed by atoms with van der Waals surface area (Å²) in [5.74, 6) is 3.20. The fourth-order valence-corrected chi connectivity index (χ4v) is 4.05. The van der Waals surface area contributed by atoms with Crippen LogP contribution in [0.3, 0.4) is 0 Å². The maximum absolute atomic E-state index is 5.67. The first kappa shape index (κ1) is 23.7. The number of rotatable bonds is 9. The molecule has 1 heterocycles. The maximum atomic E-state index is 5.67. The summed E-state index contributed by atoms with van der Waals surface area (Å²) in [6.45, 7) is 5.53. The number of ether oxygens (including phenoxy) is 4. The second kappa shape index (κ2) is 11.6. The SMILES string of the molecule is CCOc1ccc(C2(CNC(=NC)NCc3ccc(OC)cc3OC)CCOCC2)cc1. The van der Waals surface area contributed by atoms with E-state index in [9.17, 15) is 0 Å². The number of hydrogen-bond donors (Lipinski definition) is 2. The van der Waals surface area contributed by atoms with Crippen LogP contribution in [-0.2, 0) is 16.7 Å². The number of benzene rings is 2. The standard InChI is InChI=1S/C25H35N3O4/c1-5-32-21-10-7-20(8-11-21)25(12-14-31-15-13-25)18-28-24(26-2)27-17-19-6-9-22(29-3)16-23(19)30-4/h6-11,16H,5,12-15,17-18H2,1-4H3,(H2,26,27,28). The monoisotopic (exact) mass is 441 g/mol. The van der Waals surface area contributed by atoms with Crippen molar-refractivity contribution in [3.05, 3.63) is 53.6 Å². The molecule has 1 saturated heterocycles. The molecule has 2 aromatic carbocycles. The molecule has 1 fully saturated rings. The van der Waals surface area contributed by atoms with Gasteiger partial charge in [0.1, 0.15) is 17.2 Å². The van der Waals surface area contributed by atoms with Gasteiger partial charge >= 0.3 is 0 Å². The van der Waals surface area contributed by atoms with Crippen LogP contribution in [0.25, 0.3) is 0 Å². The predicted molar refractivity (Wildman–Crippen MR) is 127 cm³/mol. The van der Waals surface area contributed by atoms with Crippen LogP contribution < -0.4 is 24.8 Å². The van der Waals surface area contributed by atoms with Crippen molar-refractivity contribution in [3.63, 3.8) is 0 Å². The Bertz CT molecular complexity index is 877. The van der Waals surface area contributed by atoms with Gasteiger partial charge in [-0.1, -0.05) is 12.1 Å². The Morgan fingerprint density at radius 2 is 1.72 bits per heavy atom. The normalized spacial score (nSPS) is 15.7. The van der Waals surface area contributed by atoms with E-state index in [1.165, 1.54) is 5.56 Å². The minimum absolute atomic E-state index is 0.0155. The fraction of sp³-hybridized carbons (Fsp3) is 0.480. The number of nitrogens with one attached hydrogen (secondary N) is 2. The second-order valence-electron chi connectivity index (χ2n) is 7.81. The van der Waals surface area contributed by atoms with E-state index in [-0.39, 0.29) is 5.41 Å². The molecule has 0 unspecified atom stereocenters. The average molecular weight is 442 g/mol. The Morgan fingerprint density at radius 3 is 2.34 bits per heavy atom. The Kier molecular flexibility index (Phi) is 8.62. The van der Waals surface area contributed by atoms with E-state index in [1.807, 2.05) is 25.1 Å². The summed E-state index contributed by atoms with van der Waals surface area (Å²) in [5, 5.41) is 6.93. The Morgan fingerprint density at radius 1 is 1.00 bits per heavy atom. The molecule has 2 aromatic rings. The highest BCUT2D eigenvalue weighted by molar-refractivity contribution is 5.79. The first-order chi connectivity index (χ1) is 15.6. The van der Waals surface area contributed by atoms with Crippen LogP contribution in [0.4, 0.5) is 0 Å². The molecule has 0 atom stereocenters. The van der Waals surface area contributed by atoms with E-state index >= 15 is 0 Å². The molecule has 0 radical (unpaired) electrons. The summed E-state index contributed by atoms with van der Waals surface area (Å²) in [6, 6.07) is 14.3. The average Bonchev–Trinajstić information content (AvgIpc) is 2.85. The highest BCUT2D eigenvalue weighted by atomic mass is 16.5. The van der Waals surface area contributed by atoms with Crippen molar-refractivity contribution in [2.45, 2.75) is 31.7 Å². The van der Waals surface area contributed by atoms with E-state index in [2.05, 4.69) is 39.9 Å². The predicted octanol–water partition coefficient (Wildman–Crippen LogP) is 3.52. The second-order valence-corrected chi connectivity index (χ2v) is 7.81. The van der Waals surface area contributed by atoms with E-state index in [0.29, 0.717) is 13.2 Å². The maximum Gasteiger partial charge on any atom is 0.191 e. The van der Waals surface area contributed by atoms with Crippen molar-refractivity contribution in [2.75, 3.05) is 47.6 Å². The Hall–Kier alpha value is -2.93. The van der Waals surface area contributed by atoms with Crippen molar-refractivity contribution >= 4 is 5.96 Å². The van der Waals surface area contributed by atoms with Crippen LogP contribution in [0, 0.1) is 0 Å². The molecule has 7 heteroatoms. The zero-order valence-corrected chi connectivity index (χ0v) is 19.6. The van der Waals surface area contributed by atoms with E-state index in [4.69, 9.17) is 18.9 Å². The van der Waals surface area contributed by atoms with Crippen LogP contribution in [0.1, 0.15) is 30.9 Å². The van der Waals surface area contributed by atoms with Crippen LogP contribution in [0.15, 0.2) is 47.5 Å². The highest BCUT2D eigenvalue weighted by Crippen LogP contribution is 2.35. The summed E-state index contributed by atoms with van der Waals surface area (Å²) in [5.41, 5.74) is 2.31. The lowest BCUT2D eigenvalue weighted by Gasteiger charge is -2.38. The van der Waals surface area contributed by atoms with Gasteiger partial charge in [-0.2, -0.15) is 0 Å². The van der Waals surface area contributed by atoms with Crippen LogP contribution in [-0.4, -0.2) is 53.6 Å². The molecule has 0 saturated carbocycles. The lowest BCUT2D eigenvalue weighted by molar-refractivity contribution is 0.0513. The summed E-state index contributed by atoms with van der Waals surface area (Å²) >= 11 is 0. The largest absolute Gasteiger partial charge is 0.497 e. The molecular weight excluding hydrogens is 406 g/mol. The van der Waals surface area contributed by atoms with Gasteiger partial charge in [-0.15, -0.1) is 0 Å². The van der Waals surface area contributed by atoms with Crippen molar-refractivity contribution in [2.24, 2.45) is 4.99 Å². The van der Waals surface area contributed by atoms with Gasteiger partial charge in [0, 0.05) is 50.4 Å². The van der Waals surface area contributed by atoms with Gasteiger partial charge in [0.15, 0.2) is 5.96 Å². The molecule has 0 aromatic heterocycles. The van der Waals surface area contributed by atoms with E-state index in [0.717, 1.165) is 61.4 Å². The van der Waals surface area contributed by atoms with Crippen molar-refractivity contribution < 1.29 is 18.9 Å². The minimum atomic E-state index is -0.0155. The summed E-state index contributed by atoms with van der Waals surface area (Å²) < 4.78 is 22.1. The zero-order valence-electron chi connectivity index (χ0n) is 19.6. The summed E-state index contributed by atoms with van der Waals surface area (Å²) in [4.78, 5) is 4.42. The molecular formula is C25H35N3O4. The van der Waals surface area contributed by atoms with Gasteiger partial charge in [0.25, 0.3) is 0 Å². The number of aliphatic imine (C=N–C) groups is 1. The first-order valence-electron chi connectivity index (χ1n) is 11.1. The molecule has 0 amide bonds. The van der Waals surface area contributed by atoms with Gasteiger partial charge in [0.2, 0.25) is 0 Å². The summed E-state index contributed by atoms with van der Waals surface area (Å²) in [6.07, 6.45) is 1.91. The molecule has 2 N–H and O–H groups in total. The first-order valence-corrected chi connectivity index (χ1v) is 11.1. The number of nitrogens with zero attached hydrogens (tertiary/aromatic N) is 1. The van der Waals surface area contributed by atoms with E-state index < -0.39 is 0 Å². The van der Waals surface area contributed by atoms with E-state index in [1.54, 1.807) is 21.3 Å². The third-order valence-corrected chi connectivity index (χ3v) is 5.99. The van der Waals surface area contributed by atoms with Gasteiger partial charge in [-0.3, -0.25) is 4.99 Å². The molecule has 1 aliphatic rings. The number of hydrogen-bond acceptors (Lipinski definition) is 5. The minimum Gasteiger partial charge on any atom is -0.497 e. The molecule has 7 nitrogen and oxygen atoms in total. The van der Waals surface area contributed by atoms with Crippen molar-refractivity contribution in [1.82, 2.24) is 10.6 Å². The molecule has 0 bridgehead atoms.